The third-order valence-electron chi connectivity index (χ3n) is 3.41. The van der Waals surface area contributed by atoms with E-state index >= 15 is 0 Å². The molecule has 0 fully saturated rings. The van der Waals surface area contributed by atoms with E-state index in [0.717, 1.165) is 11.1 Å². The average Bonchev–Trinajstić information content (AvgIpc) is 2.61. The Kier molecular flexibility index (Phi) is 6.83. The second kappa shape index (κ2) is 9.35. The molecule has 1 N–H and O–H groups in total. The van der Waals surface area contributed by atoms with Crippen LogP contribution < -0.4 is 5.43 Å². The summed E-state index contributed by atoms with van der Waals surface area (Å²) in [5, 5.41) is 4.15. The van der Waals surface area contributed by atoms with Crippen molar-refractivity contribution in [1.29, 1.82) is 0 Å². The maximum atomic E-state index is 12.3. The summed E-state index contributed by atoms with van der Waals surface area (Å²) in [7, 11) is 1.67. The highest BCUT2D eigenvalue weighted by atomic mass is 16.5. The van der Waals surface area contributed by atoms with Crippen LogP contribution in [0.5, 0.6) is 0 Å². The van der Waals surface area contributed by atoms with Crippen molar-refractivity contribution in [2.75, 3.05) is 13.7 Å². The van der Waals surface area contributed by atoms with Crippen LogP contribution in [0.3, 0.4) is 0 Å². The van der Waals surface area contributed by atoms with Gasteiger partial charge >= 0.3 is 5.97 Å². The first-order valence-electron chi connectivity index (χ1n) is 7.99. The predicted molar refractivity (Wildman–Crippen MR) is 95.3 cm³/mol. The van der Waals surface area contributed by atoms with Gasteiger partial charge in [-0.1, -0.05) is 60.7 Å². The number of esters is 1. The molecule has 0 aromatic heterocycles. The molecule has 0 atom stereocenters. The van der Waals surface area contributed by atoms with Crippen LogP contribution in [0.25, 0.3) is 0 Å². The molecule has 0 bridgehead atoms. The van der Waals surface area contributed by atoms with Gasteiger partial charge in [0.2, 0.25) is 5.84 Å². The minimum atomic E-state index is -0.432. The number of carbonyl (C=O) groups excluding carboxylic acids is 1. The summed E-state index contributed by atoms with van der Waals surface area (Å²) in [5.41, 5.74) is 4.90. The van der Waals surface area contributed by atoms with Gasteiger partial charge in [0.1, 0.15) is 0 Å². The Morgan fingerprint density at radius 1 is 1.00 bits per heavy atom. The summed E-state index contributed by atoms with van der Waals surface area (Å²) >= 11 is 0. The molecule has 0 saturated heterocycles. The van der Waals surface area contributed by atoms with Gasteiger partial charge < -0.3 is 15.1 Å². The van der Waals surface area contributed by atoms with Crippen LogP contribution in [0.1, 0.15) is 18.1 Å². The van der Waals surface area contributed by atoms with Crippen LogP contribution in [0.15, 0.2) is 65.8 Å². The van der Waals surface area contributed by atoms with Gasteiger partial charge in [0.05, 0.1) is 6.61 Å². The zero-order chi connectivity index (χ0) is 17.2. The van der Waals surface area contributed by atoms with E-state index < -0.39 is 5.97 Å². The third-order valence-corrected chi connectivity index (χ3v) is 3.41. The molecular weight excluding hydrogens is 302 g/mol. The van der Waals surface area contributed by atoms with Crippen LogP contribution in [0.2, 0.25) is 0 Å². The van der Waals surface area contributed by atoms with Crippen molar-refractivity contribution in [1.82, 2.24) is 10.3 Å². The lowest BCUT2D eigenvalue weighted by atomic mass is 10.1. The topological polar surface area (TPSA) is 53.9 Å². The highest BCUT2D eigenvalue weighted by Gasteiger charge is 2.21. The molecule has 24 heavy (non-hydrogen) atoms. The Morgan fingerprint density at radius 3 is 1.92 bits per heavy atom. The fourth-order valence-corrected chi connectivity index (χ4v) is 2.36. The zero-order valence-electron chi connectivity index (χ0n) is 14.1. The van der Waals surface area contributed by atoms with Gasteiger partial charge in [-0.2, -0.15) is 5.10 Å². The van der Waals surface area contributed by atoms with E-state index in [1.165, 1.54) is 0 Å². The van der Waals surface area contributed by atoms with Gasteiger partial charge in [-0.15, -0.1) is 0 Å². The Balaban J connectivity index is 2.29. The molecule has 5 heteroatoms. The second-order valence-electron chi connectivity index (χ2n) is 5.21. The monoisotopic (exact) mass is 325 g/mol. The van der Waals surface area contributed by atoms with Crippen LogP contribution in [0, 0.1) is 0 Å². The largest absolute Gasteiger partial charge is 0.460 e. The number of ether oxygens (including phenoxy) is 1. The Morgan fingerprint density at radius 2 is 1.50 bits per heavy atom. The van der Waals surface area contributed by atoms with Crippen LogP contribution in [0.4, 0.5) is 0 Å². The maximum Gasteiger partial charge on any atom is 0.376 e. The fraction of sp³-hybridized carbons (Fsp3) is 0.263. The molecule has 0 unspecified atom stereocenters. The van der Waals surface area contributed by atoms with Gasteiger partial charge in [-0.05, 0) is 18.1 Å². The van der Waals surface area contributed by atoms with Crippen LogP contribution in [-0.2, 0) is 22.6 Å². The van der Waals surface area contributed by atoms with Crippen molar-refractivity contribution in [2.45, 2.75) is 20.0 Å². The van der Waals surface area contributed by atoms with Crippen molar-refractivity contribution in [3.8, 4) is 0 Å². The van der Waals surface area contributed by atoms with Crippen molar-refractivity contribution < 1.29 is 9.53 Å². The molecule has 0 spiro atoms. The molecule has 2 rings (SSSR count). The summed E-state index contributed by atoms with van der Waals surface area (Å²) < 4.78 is 5.16. The summed E-state index contributed by atoms with van der Waals surface area (Å²) in [5.74, 6) is -0.161. The number of nitrogens with one attached hydrogen (secondary N) is 1. The molecule has 126 valence electrons. The van der Waals surface area contributed by atoms with E-state index in [0.29, 0.717) is 19.7 Å². The van der Waals surface area contributed by atoms with E-state index in [1.54, 1.807) is 14.0 Å². The fourth-order valence-electron chi connectivity index (χ4n) is 2.36. The molecule has 0 saturated carbocycles. The van der Waals surface area contributed by atoms with E-state index in [4.69, 9.17) is 4.74 Å². The molecule has 0 heterocycles. The molecule has 0 aliphatic rings. The number of carbonyl (C=O) groups is 1. The molecular formula is C19H23N3O2. The molecule has 0 radical (unpaired) electrons. The van der Waals surface area contributed by atoms with Crippen molar-refractivity contribution >= 4 is 11.8 Å². The normalized spacial score (nSPS) is 11.0. The number of amidine groups is 1. The number of hydrazone groups is 1. The highest BCUT2D eigenvalue weighted by molar-refractivity contribution is 6.35. The quantitative estimate of drug-likeness (QED) is 0.384. The van der Waals surface area contributed by atoms with Crippen molar-refractivity contribution in [3.63, 3.8) is 0 Å². The number of hydrogen-bond acceptors (Lipinski definition) is 4. The smallest absolute Gasteiger partial charge is 0.376 e. The predicted octanol–water partition coefficient (Wildman–Crippen LogP) is 2.78. The van der Waals surface area contributed by atoms with E-state index in [1.807, 2.05) is 65.6 Å². The lowest BCUT2D eigenvalue weighted by molar-refractivity contribution is -0.136. The molecule has 0 amide bonds. The number of benzene rings is 2. The lowest BCUT2D eigenvalue weighted by Gasteiger charge is -2.25. The second-order valence-corrected chi connectivity index (χ2v) is 5.21. The summed E-state index contributed by atoms with van der Waals surface area (Å²) in [6.45, 7) is 3.23. The lowest BCUT2D eigenvalue weighted by Crippen LogP contribution is -2.38. The van der Waals surface area contributed by atoms with E-state index in [2.05, 4.69) is 10.5 Å². The van der Waals surface area contributed by atoms with Gasteiger partial charge in [0, 0.05) is 20.1 Å². The average molecular weight is 325 g/mol. The molecule has 2 aromatic rings. The standard InChI is InChI=1S/C19H23N3O2/c1-3-24-19(23)18(21-20-2)22(14-16-10-6-4-7-11-16)15-17-12-8-5-9-13-17/h4-13,20H,3,14-15H2,1-2H3. The Bertz CT molecular complexity index is 615. The van der Waals surface area contributed by atoms with Crippen molar-refractivity contribution in [3.05, 3.63) is 71.8 Å². The Labute approximate surface area is 142 Å². The third kappa shape index (κ3) is 5.12. The first kappa shape index (κ1) is 17.5. The molecule has 0 aliphatic carbocycles. The van der Waals surface area contributed by atoms with Crippen LogP contribution >= 0.6 is 0 Å². The molecule has 2 aromatic carbocycles. The van der Waals surface area contributed by atoms with E-state index in [9.17, 15) is 4.79 Å². The highest BCUT2D eigenvalue weighted by Crippen LogP contribution is 2.12. The number of rotatable bonds is 6. The minimum absolute atomic E-state index is 0.270. The summed E-state index contributed by atoms with van der Waals surface area (Å²) in [4.78, 5) is 14.2. The first-order chi connectivity index (χ1) is 11.7. The molecule has 0 aliphatic heterocycles. The minimum Gasteiger partial charge on any atom is -0.460 e. The van der Waals surface area contributed by atoms with Crippen LogP contribution in [-0.4, -0.2) is 30.4 Å². The summed E-state index contributed by atoms with van der Waals surface area (Å²) in [6, 6.07) is 20.0. The van der Waals surface area contributed by atoms with Crippen molar-refractivity contribution in [2.24, 2.45) is 5.10 Å². The maximum absolute atomic E-state index is 12.3. The van der Waals surface area contributed by atoms with E-state index in [-0.39, 0.29) is 5.84 Å². The Hall–Kier alpha value is -2.82. The zero-order valence-corrected chi connectivity index (χ0v) is 14.1. The van der Waals surface area contributed by atoms with Gasteiger partial charge in [-0.25, -0.2) is 4.79 Å². The van der Waals surface area contributed by atoms with Gasteiger partial charge in [0.25, 0.3) is 0 Å². The first-order valence-corrected chi connectivity index (χ1v) is 7.99. The summed E-state index contributed by atoms with van der Waals surface area (Å²) in [6.07, 6.45) is 0. The van der Waals surface area contributed by atoms with Gasteiger partial charge in [-0.3, -0.25) is 0 Å². The number of hydrogen-bond donors (Lipinski definition) is 1. The SMILES string of the molecule is CCOC(=O)C(=NNC)N(Cc1ccccc1)Cc1ccccc1. The number of nitrogens with zero attached hydrogens (tertiary/aromatic N) is 2. The van der Waals surface area contributed by atoms with Gasteiger partial charge in [0.15, 0.2) is 0 Å². The molecule has 5 nitrogen and oxygen atoms in total.